The number of alkyl halides is 3. The molecule has 0 saturated heterocycles. The van der Waals surface area contributed by atoms with E-state index in [9.17, 15) is 26.4 Å². The third kappa shape index (κ3) is 5.32. The molecule has 0 atom stereocenters. The quantitative estimate of drug-likeness (QED) is 0.393. The van der Waals surface area contributed by atoms with Crippen molar-refractivity contribution >= 4 is 56.2 Å². The maximum absolute atomic E-state index is 15.0. The van der Waals surface area contributed by atoms with Crippen LogP contribution in [0.25, 0.3) is 11.3 Å². The van der Waals surface area contributed by atoms with E-state index < -0.39 is 40.2 Å². The average Bonchev–Trinajstić information content (AvgIpc) is 3.47. The van der Waals surface area contributed by atoms with E-state index in [0.29, 0.717) is 34.7 Å². The van der Waals surface area contributed by atoms with Crippen LogP contribution in [0.5, 0.6) is 0 Å². The molecule has 1 aliphatic rings. The largest absolute Gasteiger partial charge is 0.416 e. The summed E-state index contributed by atoms with van der Waals surface area (Å²) in [5, 5.41) is 6.30. The van der Waals surface area contributed by atoms with Gasteiger partial charge < -0.3 is 5.32 Å². The highest BCUT2D eigenvalue weighted by Crippen LogP contribution is 2.37. The number of nitrogens with zero attached hydrogens (tertiary/aromatic N) is 2. The van der Waals surface area contributed by atoms with Gasteiger partial charge in [0.2, 0.25) is 0 Å². The van der Waals surface area contributed by atoms with Crippen molar-refractivity contribution in [3.63, 3.8) is 0 Å². The molecule has 3 aromatic rings. The second-order valence-electron chi connectivity index (χ2n) is 7.33. The van der Waals surface area contributed by atoms with Gasteiger partial charge in [-0.1, -0.05) is 23.2 Å². The minimum Gasteiger partial charge on any atom is -0.331 e. The number of allylic oxidation sites excluding steroid dienone is 1. The fourth-order valence-corrected chi connectivity index (χ4v) is 6.26. The molecule has 1 aromatic carbocycles. The lowest BCUT2D eigenvalue weighted by atomic mass is 10.1. The lowest BCUT2D eigenvalue weighted by Crippen LogP contribution is -2.39. The van der Waals surface area contributed by atoms with Gasteiger partial charge in [0.25, 0.3) is 10.0 Å². The molecular weight excluding hydrogens is 555 g/mol. The van der Waals surface area contributed by atoms with E-state index in [1.165, 1.54) is 23.0 Å². The lowest BCUT2D eigenvalue weighted by molar-refractivity contribution is -0.137. The van der Waals surface area contributed by atoms with E-state index in [1.54, 1.807) is 4.72 Å². The summed E-state index contributed by atoms with van der Waals surface area (Å²) in [5.74, 6) is -0.743. The van der Waals surface area contributed by atoms with Gasteiger partial charge in [-0.15, -0.1) is 11.3 Å². The molecule has 4 rings (SSSR count). The molecule has 0 fully saturated rings. The molecule has 0 spiro atoms. The van der Waals surface area contributed by atoms with E-state index in [2.05, 4.69) is 10.4 Å². The molecule has 0 bridgehead atoms. The van der Waals surface area contributed by atoms with Crippen LogP contribution in [0.15, 0.2) is 46.6 Å². The molecule has 0 saturated carbocycles. The molecular formula is C20H14Cl2F4N4O3S2. The third-order valence-electron chi connectivity index (χ3n) is 5.06. The van der Waals surface area contributed by atoms with E-state index >= 15 is 4.39 Å². The molecule has 0 radical (unpaired) electrons. The number of thiophene rings is 1. The van der Waals surface area contributed by atoms with Crippen LogP contribution in [0, 0.1) is 0 Å². The third-order valence-corrected chi connectivity index (χ3v) is 8.73. The number of rotatable bonds is 5. The van der Waals surface area contributed by atoms with E-state index in [4.69, 9.17) is 23.2 Å². The van der Waals surface area contributed by atoms with Crippen LogP contribution in [0.2, 0.25) is 9.36 Å². The number of aryl methyl sites for hydroxylation is 1. The number of fused-ring (bicyclic) bond motifs is 1. The number of carbonyl (C=O) groups excluding carboxylic acids is 1. The maximum atomic E-state index is 15.0. The minimum absolute atomic E-state index is 0.00919. The molecule has 2 heterocycles. The SMILES string of the molecule is O=C(NCC(F)=C1CCc2cnn(-c3ccc(C(F)(F)F)cc3)c21)NS(=O)(=O)c1cc(Cl)c(Cl)s1. The standard InChI is InChI=1S/C20H14Cl2F4N4O3S2/c21-14-7-16(34-18(14)22)35(32,33)29-19(31)27-9-15(23)13-6-1-10-8-28-30(17(10)13)12-4-2-11(3-5-12)20(24,25)26/h2-5,7-8H,1,6,9H2,(H2,27,29,31). The number of urea groups is 1. The van der Waals surface area contributed by atoms with Crippen LogP contribution in [0.4, 0.5) is 22.4 Å². The first kappa shape index (κ1) is 25.5. The zero-order chi connectivity index (χ0) is 25.5. The summed E-state index contributed by atoms with van der Waals surface area (Å²) >= 11 is 12.1. The van der Waals surface area contributed by atoms with Crippen molar-refractivity contribution < 1.29 is 30.8 Å². The normalized spacial score (nSPS) is 15.1. The number of benzene rings is 1. The Bertz CT molecular complexity index is 1410. The zero-order valence-electron chi connectivity index (χ0n) is 17.3. The van der Waals surface area contributed by atoms with Gasteiger partial charge >= 0.3 is 12.2 Å². The van der Waals surface area contributed by atoms with Crippen LogP contribution in [-0.4, -0.2) is 30.8 Å². The predicted octanol–water partition coefficient (Wildman–Crippen LogP) is 5.57. The smallest absolute Gasteiger partial charge is 0.331 e. The highest BCUT2D eigenvalue weighted by atomic mass is 35.5. The fraction of sp³-hybridized carbons (Fsp3) is 0.200. The molecule has 7 nitrogen and oxygen atoms in total. The zero-order valence-corrected chi connectivity index (χ0v) is 20.4. The molecule has 0 aliphatic heterocycles. The summed E-state index contributed by atoms with van der Waals surface area (Å²) < 4.78 is 80.9. The Labute approximate surface area is 210 Å². The van der Waals surface area contributed by atoms with Gasteiger partial charge in [-0.2, -0.15) is 18.3 Å². The topological polar surface area (TPSA) is 93.1 Å². The van der Waals surface area contributed by atoms with Crippen molar-refractivity contribution in [3.05, 3.63) is 68.5 Å². The second kappa shape index (κ2) is 9.45. The van der Waals surface area contributed by atoms with Crippen molar-refractivity contribution in [3.8, 4) is 5.69 Å². The average molecular weight is 569 g/mol. The Morgan fingerprint density at radius 1 is 1.17 bits per heavy atom. The summed E-state index contributed by atoms with van der Waals surface area (Å²) in [6.07, 6.45) is -2.28. The van der Waals surface area contributed by atoms with Gasteiger partial charge in [-0.05, 0) is 48.7 Å². The van der Waals surface area contributed by atoms with Crippen LogP contribution < -0.4 is 10.0 Å². The Morgan fingerprint density at radius 2 is 1.86 bits per heavy atom. The molecule has 35 heavy (non-hydrogen) atoms. The van der Waals surface area contributed by atoms with Crippen molar-refractivity contribution in [2.24, 2.45) is 0 Å². The fourth-order valence-electron chi connectivity index (χ4n) is 3.45. The number of hydrogen-bond acceptors (Lipinski definition) is 5. The van der Waals surface area contributed by atoms with Crippen molar-refractivity contribution in [2.45, 2.75) is 23.2 Å². The molecule has 0 unspecified atom stereocenters. The van der Waals surface area contributed by atoms with E-state index in [0.717, 1.165) is 18.2 Å². The summed E-state index contributed by atoms with van der Waals surface area (Å²) in [7, 11) is -4.27. The van der Waals surface area contributed by atoms with Crippen LogP contribution in [0.3, 0.4) is 0 Å². The molecule has 2 amide bonds. The Balaban J connectivity index is 1.50. The van der Waals surface area contributed by atoms with Crippen LogP contribution in [-0.2, 0) is 22.6 Å². The molecule has 2 N–H and O–H groups in total. The van der Waals surface area contributed by atoms with Crippen LogP contribution >= 0.6 is 34.5 Å². The van der Waals surface area contributed by atoms with Gasteiger partial charge in [-0.3, -0.25) is 0 Å². The van der Waals surface area contributed by atoms with Crippen LogP contribution in [0.1, 0.15) is 23.2 Å². The van der Waals surface area contributed by atoms with Gasteiger partial charge in [0.15, 0.2) is 0 Å². The summed E-state index contributed by atoms with van der Waals surface area (Å²) in [5.41, 5.74) is 0.742. The number of carbonyl (C=O) groups is 1. The highest BCUT2D eigenvalue weighted by molar-refractivity contribution is 7.92. The monoisotopic (exact) mass is 568 g/mol. The minimum atomic E-state index is -4.50. The number of halogens is 6. The summed E-state index contributed by atoms with van der Waals surface area (Å²) in [4.78, 5) is 12.1. The Kier molecular flexibility index (Phi) is 6.88. The first-order valence-corrected chi connectivity index (χ1v) is 12.8. The number of nitrogens with one attached hydrogen (secondary N) is 2. The highest BCUT2D eigenvalue weighted by Gasteiger charge is 2.31. The van der Waals surface area contributed by atoms with Gasteiger partial charge in [0.05, 0.1) is 34.7 Å². The lowest BCUT2D eigenvalue weighted by Gasteiger charge is -2.12. The van der Waals surface area contributed by atoms with Crippen molar-refractivity contribution in [2.75, 3.05) is 6.54 Å². The van der Waals surface area contributed by atoms with Crippen molar-refractivity contribution in [1.29, 1.82) is 0 Å². The first-order chi connectivity index (χ1) is 16.4. The Morgan fingerprint density at radius 3 is 2.46 bits per heavy atom. The Hall–Kier alpha value is -2.61. The molecule has 15 heteroatoms. The molecule has 2 aromatic heterocycles. The van der Waals surface area contributed by atoms with Gasteiger partial charge in [0, 0.05) is 5.57 Å². The summed E-state index contributed by atoms with van der Waals surface area (Å²) in [6, 6.07) is 4.16. The maximum Gasteiger partial charge on any atom is 0.416 e. The van der Waals surface area contributed by atoms with Gasteiger partial charge in [-0.25, -0.2) is 27.0 Å². The molecule has 186 valence electrons. The summed E-state index contributed by atoms with van der Waals surface area (Å²) in [6.45, 7) is -0.625. The number of amides is 2. The number of aromatic nitrogens is 2. The van der Waals surface area contributed by atoms with Gasteiger partial charge in [0.1, 0.15) is 14.4 Å². The van der Waals surface area contributed by atoms with Crippen molar-refractivity contribution in [1.82, 2.24) is 19.8 Å². The van der Waals surface area contributed by atoms with E-state index in [1.807, 2.05) is 0 Å². The van der Waals surface area contributed by atoms with E-state index in [-0.39, 0.29) is 25.6 Å². The number of hydrogen-bond donors (Lipinski definition) is 2. The predicted molar refractivity (Wildman–Crippen MR) is 123 cm³/mol. The molecule has 1 aliphatic carbocycles. The second-order valence-corrected chi connectivity index (χ2v) is 11.3. The number of sulfonamides is 1. The first-order valence-electron chi connectivity index (χ1n) is 9.74.